The molecule has 0 amide bonds. The fraction of sp³-hybridized carbons (Fsp3) is 0.0769. The zero-order valence-electron chi connectivity index (χ0n) is 17.5. The Morgan fingerprint density at radius 3 is 2.56 bits per heavy atom. The fourth-order valence-electron chi connectivity index (χ4n) is 3.62. The van der Waals surface area contributed by atoms with Gasteiger partial charge in [-0.2, -0.15) is 0 Å². The van der Waals surface area contributed by atoms with Crippen molar-refractivity contribution in [3.8, 4) is 22.4 Å². The topological polar surface area (TPSA) is 63.6 Å². The molecule has 0 spiro atoms. The Morgan fingerprint density at radius 1 is 0.812 bits per heavy atom. The third-order valence-corrected chi connectivity index (χ3v) is 5.28. The summed E-state index contributed by atoms with van der Waals surface area (Å²) in [7, 11) is 0. The smallest absolute Gasteiger partial charge is 0.173 e. The quantitative estimate of drug-likeness (QED) is 0.388. The highest BCUT2D eigenvalue weighted by molar-refractivity contribution is 5.84. The number of halogens is 1. The number of rotatable bonds is 5. The average Bonchev–Trinajstić information content (AvgIpc) is 2.83. The van der Waals surface area contributed by atoms with Gasteiger partial charge in [0.15, 0.2) is 11.6 Å². The van der Waals surface area contributed by atoms with Gasteiger partial charge in [0.1, 0.15) is 0 Å². The highest BCUT2D eigenvalue weighted by atomic mass is 19.1. The van der Waals surface area contributed by atoms with Crippen LogP contribution in [0.2, 0.25) is 0 Å². The van der Waals surface area contributed by atoms with Crippen LogP contribution in [-0.2, 0) is 6.54 Å². The molecule has 0 atom stereocenters. The Labute approximate surface area is 185 Å². The predicted octanol–water partition coefficient (Wildman–Crippen LogP) is 5.81. The molecule has 0 aliphatic rings. The number of pyridine rings is 4. The molecule has 5 nitrogen and oxygen atoms in total. The van der Waals surface area contributed by atoms with Crippen LogP contribution in [0.4, 0.5) is 10.2 Å². The minimum atomic E-state index is -0.382. The minimum Gasteiger partial charge on any atom is -0.363 e. The highest BCUT2D eigenvalue weighted by Crippen LogP contribution is 2.28. The highest BCUT2D eigenvalue weighted by Gasteiger charge is 2.12. The zero-order chi connectivity index (χ0) is 21.9. The molecule has 0 unspecified atom stereocenters. The van der Waals surface area contributed by atoms with E-state index in [1.54, 1.807) is 30.9 Å². The molecule has 1 N–H and O–H groups in total. The van der Waals surface area contributed by atoms with E-state index in [-0.39, 0.29) is 11.6 Å². The summed E-state index contributed by atoms with van der Waals surface area (Å²) in [5, 5.41) is 4.06. The Balaban J connectivity index is 1.35. The third-order valence-electron chi connectivity index (χ3n) is 5.28. The van der Waals surface area contributed by atoms with Gasteiger partial charge in [-0.15, -0.1) is 0 Å². The number of hydrogen-bond donors (Lipinski definition) is 1. The van der Waals surface area contributed by atoms with Gasteiger partial charge in [0.2, 0.25) is 0 Å². The van der Waals surface area contributed by atoms with Gasteiger partial charge in [-0.05, 0) is 60.5 Å². The zero-order valence-corrected chi connectivity index (χ0v) is 17.5. The van der Waals surface area contributed by atoms with E-state index < -0.39 is 0 Å². The summed E-state index contributed by atoms with van der Waals surface area (Å²) in [6.45, 7) is 2.37. The normalized spacial score (nSPS) is 10.9. The first-order valence-corrected chi connectivity index (χ1v) is 10.3. The monoisotopic (exact) mass is 421 g/mol. The molecule has 0 saturated carbocycles. The van der Waals surface area contributed by atoms with E-state index in [4.69, 9.17) is 0 Å². The lowest BCUT2D eigenvalue weighted by molar-refractivity contribution is 0.628. The molecule has 0 aliphatic heterocycles. The Hall–Kier alpha value is -4.19. The van der Waals surface area contributed by atoms with Gasteiger partial charge >= 0.3 is 0 Å². The summed E-state index contributed by atoms with van der Waals surface area (Å²) in [4.78, 5) is 17.3. The number of anilines is 1. The number of aryl methyl sites for hydroxylation is 1. The van der Waals surface area contributed by atoms with Gasteiger partial charge in [0, 0.05) is 53.5 Å². The van der Waals surface area contributed by atoms with E-state index in [2.05, 4.69) is 25.3 Å². The number of aromatic nitrogens is 4. The van der Waals surface area contributed by atoms with Crippen LogP contribution in [0.3, 0.4) is 0 Å². The summed E-state index contributed by atoms with van der Waals surface area (Å²) >= 11 is 0. The molecule has 4 aromatic heterocycles. The van der Waals surface area contributed by atoms with Crippen LogP contribution in [-0.4, -0.2) is 19.9 Å². The average molecular weight is 421 g/mol. The maximum Gasteiger partial charge on any atom is 0.173 e. The molecule has 0 aliphatic carbocycles. The maximum atomic E-state index is 15.2. The van der Waals surface area contributed by atoms with Crippen molar-refractivity contribution in [2.24, 2.45) is 0 Å². The van der Waals surface area contributed by atoms with Crippen LogP contribution in [0, 0.1) is 12.7 Å². The first-order valence-electron chi connectivity index (χ1n) is 10.3. The number of fused-ring (bicyclic) bond motifs is 1. The second-order valence-electron chi connectivity index (χ2n) is 7.52. The van der Waals surface area contributed by atoms with Crippen molar-refractivity contribution in [1.82, 2.24) is 19.9 Å². The van der Waals surface area contributed by atoms with E-state index in [1.165, 1.54) is 0 Å². The summed E-state index contributed by atoms with van der Waals surface area (Å²) in [6, 6.07) is 19.1. The molecule has 4 heterocycles. The Kier molecular flexibility index (Phi) is 5.25. The van der Waals surface area contributed by atoms with Crippen LogP contribution >= 0.6 is 0 Å². The van der Waals surface area contributed by atoms with Crippen LogP contribution in [0.15, 0.2) is 85.5 Å². The molecule has 0 bridgehead atoms. The van der Waals surface area contributed by atoms with Gasteiger partial charge in [-0.25, -0.2) is 9.37 Å². The largest absolute Gasteiger partial charge is 0.363 e. The maximum absolute atomic E-state index is 15.2. The van der Waals surface area contributed by atoms with Gasteiger partial charge < -0.3 is 5.32 Å². The second-order valence-corrected chi connectivity index (χ2v) is 7.52. The lowest BCUT2D eigenvalue weighted by Crippen LogP contribution is -2.05. The molecular weight excluding hydrogens is 401 g/mol. The van der Waals surface area contributed by atoms with Crippen LogP contribution in [0.1, 0.15) is 11.3 Å². The van der Waals surface area contributed by atoms with E-state index in [0.717, 1.165) is 39.0 Å². The van der Waals surface area contributed by atoms with Gasteiger partial charge in [0.25, 0.3) is 0 Å². The first-order chi connectivity index (χ1) is 15.7. The molecule has 1 aromatic carbocycles. The molecular formula is C26H20FN5. The van der Waals surface area contributed by atoms with Crippen molar-refractivity contribution in [2.75, 3.05) is 5.32 Å². The third kappa shape index (κ3) is 4.03. The minimum absolute atomic E-state index is 0.211. The van der Waals surface area contributed by atoms with Crippen molar-refractivity contribution in [2.45, 2.75) is 13.5 Å². The SMILES string of the molecule is Cc1cc(-c2ccc(CNc3nccc(-c4ccc5ncccc5c4)c3F)cn2)ccn1. The Bertz CT molecular complexity index is 1400. The Morgan fingerprint density at radius 2 is 1.72 bits per heavy atom. The molecule has 32 heavy (non-hydrogen) atoms. The predicted molar refractivity (Wildman–Crippen MR) is 124 cm³/mol. The summed E-state index contributed by atoms with van der Waals surface area (Å²) in [5.41, 5.74) is 5.92. The van der Waals surface area contributed by atoms with Crippen LogP contribution < -0.4 is 5.32 Å². The lowest BCUT2D eigenvalue weighted by Gasteiger charge is -2.11. The molecule has 5 rings (SSSR count). The van der Waals surface area contributed by atoms with E-state index in [9.17, 15) is 0 Å². The second kappa shape index (κ2) is 8.51. The number of hydrogen-bond acceptors (Lipinski definition) is 5. The summed E-state index contributed by atoms with van der Waals surface area (Å²) in [5.74, 6) is -0.171. The molecule has 0 radical (unpaired) electrons. The molecule has 5 aromatic rings. The molecule has 0 saturated heterocycles. The van der Waals surface area contributed by atoms with Gasteiger partial charge in [0.05, 0.1) is 11.2 Å². The molecule has 0 fully saturated rings. The first kappa shape index (κ1) is 19.8. The van der Waals surface area contributed by atoms with Crippen molar-refractivity contribution in [1.29, 1.82) is 0 Å². The van der Waals surface area contributed by atoms with Crippen molar-refractivity contribution in [3.05, 3.63) is 103 Å². The van der Waals surface area contributed by atoms with E-state index in [0.29, 0.717) is 12.1 Å². The van der Waals surface area contributed by atoms with E-state index >= 15 is 4.39 Å². The standard InChI is InChI=1S/C26H20FN5/c1-17-13-21(8-11-28-17)24-6-4-18(15-31-24)16-32-26-25(27)22(9-12-30-26)19-5-7-23-20(14-19)3-2-10-29-23/h2-15H,16H2,1H3,(H,30,32). The van der Waals surface area contributed by atoms with Crippen molar-refractivity contribution >= 4 is 16.7 Å². The molecule has 156 valence electrons. The van der Waals surface area contributed by atoms with Gasteiger partial charge in [-0.3, -0.25) is 15.0 Å². The fourth-order valence-corrected chi connectivity index (χ4v) is 3.62. The lowest BCUT2D eigenvalue weighted by atomic mass is 10.0. The van der Waals surface area contributed by atoms with Gasteiger partial charge in [-0.1, -0.05) is 18.2 Å². The van der Waals surface area contributed by atoms with Crippen LogP contribution in [0.25, 0.3) is 33.3 Å². The van der Waals surface area contributed by atoms with E-state index in [1.807, 2.05) is 61.5 Å². The molecule has 6 heteroatoms. The number of nitrogens with zero attached hydrogens (tertiary/aromatic N) is 4. The van der Waals surface area contributed by atoms with Crippen molar-refractivity contribution in [3.63, 3.8) is 0 Å². The number of benzene rings is 1. The van der Waals surface area contributed by atoms with Crippen LogP contribution in [0.5, 0.6) is 0 Å². The summed E-state index contributed by atoms with van der Waals surface area (Å²) in [6.07, 6.45) is 6.92. The van der Waals surface area contributed by atoms with Crippen molar-refractivity contribution < 1.29 is 4.39 Å². The summed E-state index contributed by atoms with van der Waals surface area (Å²) < 4.78 is 15.2. The number of nitrogens with one attached hydrogen (secondary N) is 1.